The van der Waals surface area contributed by atoms with Gasteiger partial charge in [0.1, 0.15) is 0 Å². The van der Waals surface area contributed by atoms with Gasteiger partial charge in [-0.25, -0.2) is 4.99 Å². The first kappa shape index (κ1) is 18.8. The normalized spacial score (nSPS) is 19.7. The number of hydrogen-bond acceptors (Lipinski definition) is 2. The van der Waals surface area contributed by atoms with Gasteiger partial charge in [-0.1, -0.05) is 45.0 Å². The predicted octanol–water partition coefficient (Wildman–Crippen LogP) is 3.37. The Labute approximate surface area is 147 Å². The zero-order valence-electron chi connectivity index (χ0n) is 15.6. The molecule has 0 bridgehead atoms. The van der Waals surface area contributed by atoms with E-state index in [0.29, 0.717) is 18.4 Å². The SMILES string of the molecule is CC(C)CCNC(N)=NCc1ccccc1CN1CCCC(C)C1. The lowest BCUT2D eigenvalue weighted by molar-refractivity contribution is 0.176. The lowest BCUT2D eigenvalue weighted by Crippen LogP contribution is -2.34. The number of nitrogens with zero attached hydrogens (tertiary/aromatic N) is 2. The van der Waals surface area contributed by atoms with Crippen LogP contribution in [0.25, 0.3) is 0 Å². The number of piperidine rings is 1. The van der Waals surface area contributed by atoms with Gasteiger partial charge in [0, 0.05) is 19.6 Å². The van der Waals surface area contributed by atoms with Crippen molar-refractivity contribution in [3.63, 3.8) is 0 Å². The van der Waals surface area contributed by atoms with Crippen LogP contribution in [0.5, 0.6) is 0 Å². The van der Waals surface area contributed by atoms with Gasteiger partial charge in [0.15, 0.2) is 5.96 Å². The number of aliphatic imine (C=N–C) groups is 1. The summed E-state index contributed by atoms with van der Waals surface area (Å²) in [5.41, 5.74) is 8.65. The van der Waals surface area contributed by atoms with E-state index in [0.717, 1.165) is 25.4 Å². The van der Waals surface area contributed by atoms with E-state index in [1.165, 1.54) is 37.1 Å². The minimum absolute atomic E-state index is 0.553. The molecule has 1 aliphatic rings. The fourth-order valence-electron chi connectivity index (χ4n) is 3.25. The van der Waals surface area contributed by atoms with Crippen LogP contribution in [0.4, 0.5) is 0 Å². The van der Waals surface area contributed by atoms with Gasteiger partial charge >= 0.3 is 0 Å². The van der Waals surface area contributed by atoms with Crippen molar-refractivity contribution in [2.75, 3.05) is 19.6 Å². The second-order valence-corrected chi connectivity index (χ2v) is 7.56. The Bertz CT molecular complexity index is 524. The molecule has 1 unspecified atom stereocenters. The van der Waals surface area contributed by atoms with Crippen LogP contribution in [0.1, 0.15) is 51.2 Å². The molecule has 0 amide bonds. The van der Waals surface area contributed by atoms with Crippen LogP contribution in [-0.2, 0) is 13.1 Å². The Morgan fingerprint density at radius 3 is 2.79 bits per heavy atom. The highest BCUT2D eigenvalue weighted by Gasteiger charge is 2.17. The molecule has 1 fully saturated rings. The van der Waals surface area contributed by atoms with E-state index in [-0.39, 0.29) is 0 Å². The fraction of sp³-hybridized carbons (Fsp3) is 0.650. The minimum atomic E-state index is 0.553. The molecular formula is C20H34N4. The number of guanidine groups is 1. The highest BCUT2D eigenvalue weighted by atomic mass is 15.1. The van der Waals surface area contributed by atoms with Crippen molar-refractivity contribution < 1.29 is 0 Å². The molecule has 0 aliphatic carbocycles. The van der Waals surface area contributed by atoms with Crippen LogP contribution in [0.2, 0.25) is 0 Å². The third-order valence-electron chi connectivity index (χ3n) is 4.70. The van der Waals surface area contributed by atoms with Gasteiger partial charge < -0.3 is 11.1 Å². The molecule has 1 atom stereocenters. The Kier molecular flexibility index (Phi) is 7.57. The Balaban J connectivity index is 1.90. The van der Waals surface area contributed by atoms with E-state index >= 15 is 0 Å². The van der Waals surface area contributed by atoms with Crippen molar-refractivity contribution in [2.24, 2.45) is 22.6 Å². The summed E-state index contributed by atoms with van der Waals surface area (Å²) in [5.74, 6) is 2.04. The molecule has 24 heavy (non-hydrogen) atoms. The van der Waals surface area contributed by atoms with Crippen molar-refractivity contribution in [3.05, 3.63) is 35.4 Å². The van der Waals surface area contributed by atoms with Gasteiger partial charge in [-0.05, 0) is 48.8 Å². The van der Waals surface area contributed by atoms with E-state index in [2.05, 4.69) is 60.2 Å². The lowest BCUT2D eigenvalue weighted by atomic mass is 9.99. The first-order valence-corrected chi connectivity index (χ1v) is 9.37. The van der Waals surface area contributed by atoms with E-state index in [1.54, 1.807) is 0 Å². The average Bonchev–Trinajstić information content (AvgIpc) is 2.54. The molecule has 0 radical (unpaired) electrons. The molecule has 1 aliphatic heterocycles. The number of benzene rings is 1. The first-order chi connectivity index (χ1) is 11.5. The smallest absolute Gasteiger partial charge is 0.188 e. The maximum absolute atomic E-state index is 5.99. The van der Waals surface area contributed by atoms with Crippen LogP contribution in [0.15, 0.2) is 29.3 Å². The average molecular weight is 331 g/mol. The molecular weight excluding hydrogens is 296 g/mol. The summed E-state index contributed by atoms with van der Waals surface area (Å²) in [5, 5.41) is 3.21. The van der Waals surface area contributed by atoms with Crippen molar-refractivity contribution in [2.45, 2.75) is 53.1 Å². The number of nitrogens with one attached hydrogen (secondary N) is 1. The summed E-state index contributed by atoms with van der Waals surface area (Å²) < 4.78 is 0. The number of likely N-dealkylation sites (tertiary alicyclic amines) is 1. The van der Waals surface area contributed by atoms with Crippen LogP contribution >= 0.6 is 0 Å². The van der Waals surface area contributed by atoms with Crippen LogP contribution < -0.4 is 11.1 Å². The van der Waals surface area contributed by atoms with Crippen molar-refractivity contribution in [1.82, 2.24) is 10.2 Å². The van der Waals surface area contributed by atoms with Gasteiger partial charge in [0.2, 0.25) is 0 Å². The highest BCUT2D eigenvalue weighted by molar-refractivity contribution is 5.77. The van der Waals surface area contributed by atoms with E-state index < -0.39 is 0 Å². The predicted molar refractivity (Wildman–Crippen MR) is 103 cm³/mol. The lowest BCUT2D eigenvalue weighted by Gasteiger charge is -2.31. The number of nitrogens with two attached hydrogens (primary N) is 1. The molecule has 1 saturated heterocycles. The van der Waals surface area contributed by atoms with Crippen LogP contribution in [0.3, 0.4) is 0 Å². The second-order valence-electron chi connectivity index (χ2n) is 7.56. The van der Waals surface area contributed by atoms with Gasteiger partial charge in [0.05, 0.1) is 6.54 Å². The quantitative estimate of drug-likeness (QED) is 0.595. The molecule has 0 saturated carbocycles. The molecule has 1 aromatic rings. The van der Waals surface area contributed by atoms with Crippen molar-refractivity contribution >= 4 is 5.96 Å². The molecule has 0 spiro atoms. The fourth-order valence-corrected chi connectivity index (χ4v) is 3.25. The summed E-state index contributed by atoms with van der Waals surface area (Å²) in [6.45, 7) is 11.8. The van der Waals surface area contributed by atoms with Gasteiger partial charge in [-0.3, -0.25) is 4.90 Å². The van der Waals surface area contributed by atoms with Crippen LogP contribution in [-0.4, -0.2) is 30.5 Å². The summed E-state index contributed by atoms with van der Waals surface area (Å²) in [6, 6.07) is 8.62. The number of hydrogen-bond donors (Lipinski definition) is 2. The van der Waals surface area contributed by atoms with E-state index in [1.807, 2.05) is 0 Å². The zero-order valence-corrected chi connectivity index (χ0v) is 15.6. The molecule has 3 N–H and O–H groups in total. The highest BCUT2D eigenvalue weighted by Crippen LogP contribution is 2.19. The molecule has 4 heteroatoms. The largest absolute Gasteiger partial charge is 0.370 e. The van der Waals surface area contributed by atoms with Gasteiger partial charge in [0.25, 0.3) is 0 Å². The second kappa shape index (κ2) is 9.67. The molecule has 2 rings (SSSR count). The summed E-state index contributed by atoms with van der Waals surface area (Å²) >= 11 is 0. The van der Waals surface area contributed by atoms with E-state index in [9.17, 15) is 0 Å². The van der Waals surface area contributed by atoms with E-state index in [4.69, 9.17) is 5.73 Å². The zero-order chi connectivity index (χ0) is 17.4. The minimum Gasteiger partial charge on any atom is -0.370 e. The summed E-state index contributed by atoms with van der Waals surface area (Å²) in [4.78, 5) is 7.10. The molecule has 0 aromatic heterocycles. The molecule has 134 valence electrons. The monoisotopic (exact) mass is 330 g/mol. The summed E-state index contributed by atoms with van der Waals surface area (Å²) in [6.07, 6.45) is 3.79. The van der Waals surface area contributed by atoms with Gasteiger partial charge in [-0.15, -0.1) is 0 Å². The van der Waals surface area contributed by atoms with Crippen molar-refractivity contribution in [3.8, 4) is 0 Å². The molecule has 4 nitrogen and oxygen atoms in total. The maximum Gasteiger partial charge on any atom is 0.188 e. The molecule has 1 aromatic carbocycles. The topological polar surface area (TPSA) is 53.6 Å². The third-order valence-corrected chi connectivity index (χ3v) is 4.70. The Morgan fingerprint density at radius 2 is 2.08 bits per heavy atom. The van der Waals surface area contributed by atoms with Crippen molar-refractivity contribution in [1.29, 1.82) is 0 Å². The Hall–Kier alpha value is -1.55. The number of rotatable bonds is 7. The standard InChI is InChI=1S/C20H34N4/c1-16(2)10-11-22-20(21)23-13-18-8-4-5-9-19(18)15-24-12-6-7-17(3)14-24/h4-5,8-9,16-17H,6-7,10-15H2,1-3H3,(H3,21,22,23). The molecule has 1 heterocycles. The maximum atomic E-state index is 5.99. The van der Waals surface area contributed by atoms with Gasteiger partial charge in [-0.2, -0.15) is 0 Å². The Morgan fingerprint density at radius 1 is 1.33 bits per heavy atom. The first-order valence-electron chi connectivity index (χ1n) is 9.37. The van der Waals surface area contributed by atoms with Crippen LogP contribution in [0, 0.1) is 11.8 Å². The summed E-state index contributed by atoms with van der Waals surface area (Å²) in [7, 11) is 0. The third kappa shape index (κ3) is 6.52.